The summed E-state index contributed by atoms with van der Waals surface area (Å²) < 4.78 is 5.31. The Labute approximate surface area is 114 Å². The van der Waals surface area contributed by atoms with Crippen molar-refractivity contribution in [3.63, 3.8) is 0 Å². The minimum atomic E-state index is -0.164. The highest BCUT2D eigenvalue weighted by Crippen LogP contribution is 2.24. The smallest absolute Gasteiger partial charge is 0.308 e. The quantitative estimate of drug-likeness (QED) is 0.769. The van der Waals surface area contributed by atoms with Gasteiger partial charge in [0.05, 0.1) is 5.92 Å². The van der Waals surface area contributed by atoms with Gasteiger partial charge < -0.3 is 4.74 Å². The predicted molar refractivity (Wildman–Crippen MR) is 76.5 cm³/mol. The van der Waals surface area contributed by atoms with E-state index in [1.807, 2.05) is 56.3 Å². The highest BCUT2D eigenvalue weighted by atomic mass is 16.5. The molecule has 2 heteroatoms. The van der Waals surface area contributed by atoms with E-state index in [9.17, 15) is 4.79 Å². The molecule has 0 fully saturated rings. The second-order valence-corrected chi connectivity index (χ2v) is 4.79. The van der Waals surface area contributed by atoms with Crippen molar-refractivity contribution in [3.8, 4) is 11.1 Å². The van der Waals surface area contributed by atoms with E-state index in [0.717, 1.165) is 16.7 Å². The summed E-state index contributed by atoms with van der Waals surface area (Å²) in [5, 5.41) is 0. The lowest BCUT2D eigenvalue weighted by Gasteiger charge is -2.11. The topological polar surface area (TPSA) is 26.3 Å². The first-order valence-electron chi connectivity index (χ1n) is 6.48. The molecular formula is C17H18O2. The minimum absolute atomic E-state index is 0.0936. The van der Waals surface area contributed by atoms with Crippen molar-refractivity contribution >= 4 is 5.97 Å². The highest BCUT2D eigenvalue weighted by Gasteiger charge is 2.10. The Morgan fingerprint density at radius 3 is 2.32 bits per heavy atom. The second-order valence-electron chi connectivity index (χ2n) is 4.79. The number of hydrogen-bond donors (Lipinski definition) is 0. The van der Waals surface area contributed by atoms with E-state index in [2.05, 4.69) is 12.1 Å². The molecule has 0 bridgehead atoms. The van der Waals surface area contributed by atoms with Crippen molar-refractivity contribution in [1.82, 2.24) is 0 Å². The molecule has 0 saturated carbocycles. The predicted octanol–water partition coefficient (Wildman–Crippen LogP) is 4.05. The minimum Gasteiger partial charge on any atom is -0.461 e. The van der Waals surface area contributed by atoms with Gasteiger partial charge in [0.2, 0.25) is 0 Å². The highest BCUT2D eigenvalue weighted by molar-refractivity contribution is 5.72. The van der Waals surface area contributed by atoms with Gasteiger partial charge in [0.1, 0.15) is 6.61 Å². The maximum atomic E-state index is 11.5. The lowest BCUT2D eigenvalue weighted by Crippen LogP contribution is -2.11. The zero-order chi connectivity index (χ0) is 13.7. The first kappa shape index (κ1) is 13.3. The number of benzene rings is 2. The number of carbonyl (C=O) groups excluding carboxylic acids is 1. The maximum absolute atomic E-state index is 11.5. The van der Waals surface area contributed by atoms with Crippen LogP contribution < -0.4 is 0 Å². The van der Waals surface area contributed by atoms with Crippen LogP contribution in [0.25, 0.3) is 11.1 Å². The molecule has 0 aromatic heterocycles. The van der Waals surface area contributed by atoms with E-state index in [4.69, 9.17) is 4.74 Å². The molecular weight excluding hydrogens is 236 g/mol. The van der Waals surface area contributed by atoms with Gasteiger partial charge in [-0.1, -0.05) is 68.4 Å². The SMILES string of the molecule is CC(C)C(=O)OCc1ccccc1-c1ccccc1. The third kappa shape index (κ3) is 3.44. The molecule has 0 radical (unpaired) electrons. The van der Waals surface area contributed by atoms with Crippen molar-refractivity contribution in [2.75, 3.05) is 0 Å². The number of rotatable bonds is 4. The van der Waals surface area contributed by atoms with Crippen LogP contribution in [0.1, 0.15) is 19.4 Å². The average molecular weight is 254 g/mol. The Bertz CT molecular complexity index is 544. The van der Waals surface area contributed by atoms with Gasteiger partial charge in [-0.25, -0.2) is 0 Å². The van der Waals surface area contributed by atoms with Crippen molar-refractivity contribution in [2.45, 2.75) is 20.5 Å². The molecule has 19 heavy (non-hydrogen) atoms. The van der Waals surface area contributed by atoms with E-state index >= 15 is 0 Å². The molecule has 0 saturated heterocycles. The van der Waals surface area contributed by atoms with E-state index in [0.29, 0.717) is 6.61 Å². The number of carbonyl (C=O) groups is 1. The Morgan fingerprint density at radius 2 is 1.63 bits per heavy atom. The van der Waals surface area contributed by atoms with Gasteiger partial charge in [-0.05, 0) is 16.7 Å². The van der Waals surface area contributed by atoms with Crippen LogP contribution in [0.3, 0.4) is 0 Å². The fourth-order valence-corrected chi connectivity index (χ4v) is 1.86. The summed E-state index contributed by atoms with van der Waals surface area (Å²) in [6, 6.07) is 18.1. The van der Waals surface area contributed by atoms with Crippen molar-refractivity contribution < 1.29 is 9.53 Å². The molecule has 0 spiro atoms. The van der Waals surface area contributed by atoms with E-state index < -0.39 is 0 Å². The van der Waals surface area contributed by atoms with Crippen LogP contribution in [0.5, 0.6) is 0 Å². The largest absolute Gasteiger partial charge is 0.461 e. The van der Waals surface area contributed by atoms with Gasteiger partial charge in [0, 0.05) is 0 Å². The Morgan fingerprint density at radius 1 is 1.00 bits per heavy atom. The molecule has 0 amide bonds. The third-order valence-corrected chi connectivity index (χ3v) is 2.94. The Balaban J connectivity index is 2.20. The van der Waals surface area contributed by atoms with Gasteiger partial charge >= 0.3 is 5.97 Å². The van der Waals surface area contributed by atoms with Crippen molar-refractivity contribution in [2.24, 2.45) is 5.92 Å². The zero-order valence-corrected chi connectivity index (χ0v) is 11.3. The number of esters is 1. The maximum Gasteiger partial charge on any atom is 0.308 e. The molecule has 0 aliphatic rings. The van der Waals surface area contributed by atoms with Gasteiger partial charge in [-0.15, -0.1) is 0 Å². The van der Waals surface area contributed by atoms with Crippen molar-refractivity contribution in [1.29, 1.82) is 0 Å². The summed E-state index contributed by atoms with van der Waals surface area (Å²) in [6.45, 7) is 4.00. The zero-order valence-electron chi connectivity index (χ0n) is 11.3. The summed E-state index contributed by atoms with van der Waals surface area (Å²) >= 11 is 0. The lowest BCUT2D eigenvalue weighted by atomic mass is 10.0. The average Bonchev–Trinajstić information content (AvgIpc) is 2.46. The lowest BCUT2D eigenvalue weighted by molar-refractivity contribution is -0.148. The molecule has 0 aliphatic heterocycles. The molecule has 2 nitrogen and oxygen atoms in total. The Hall–Kier alpha value is -2.09. The van der Waals surface area contributed by atoms with Crippen molar-refractivity contribution in [3.05, 3.63) is 60.2 Å². The molecule has 2 aromatic rings. The summed E-state index contributed by atoms with van der Waals surface area (Å²) in [6.07, 6.45) is 0. The molecule has 2 aromatic carbocycles. The van der Waals surface area contributed by atoms with E-state index in [1.54, 1.807) is 0 Å². The van der Waals surface area contributed by atoms with Crippen LogP contribution in [0, 0.1) is 5.92 Å². The first-order chi connectivity index (χ1) is 9.18. The van der Waals surface area contributed by atoms with Gasteiger partial charge in [0.15, 0.2) is 0 Å². The molecule has 0 unspecified atom stereocenters. The number of hydrogen-bond acceptors (Lipinski definition) is 2. The summed E-state index contributed by atoms with van der Waals surface area (Å²) in [7, 11) is 0. The van der Waals surface area contributed by atoms with Crippen LogP contribution in [0.4, 0.5) is 0 Å². The van der Waals surface area contributed by atoms with Crippen LogP contribution >= 0.6 is 0 Å². The molecule has 0 aliphatic carbocycles. The van der Waals surface area contributed by atoms with Crippen LogP contribution in [0.15, 0.2) is 54.6 Å². The van der Waals surface area contributed by atoms with Gasteiger partial charge in [0.25, 0.3) is 0 Å². The van der Waals surface area contributed by atoms with Crippen LogP contribution in [-0.4, -0.2) is 5.97 Å². The summed E-state index contributed by atoms with van der Waals surface area (Å²) in [5.41, 5.74) is 3.28. The molecule has 98 valence electrons. The monoisotopic (exact) mass is 254 g/mol. The Kier molecular flexibility index (Phi) is 4.35. The fraction of sp³-hybridized carbons (Fsp3) is 0.235. The molecule has 0 N–H and O–H groups in total. The summed E-state index contributed by atoms with van der Waals surface area (Å²) in [5.74, 6) is -0.258. The molecule has 0 atom stereocenters. The molecule has 2 rings (SSSR count). The second kappa shape index (κ2) is 6.19. The third-order valence-electron chi connectivity index (χ3n) is 2.94. The van der Waals surface area contributed by atoms with E-state index in [-0.39, 0.29) is 11.9 Å². The van der Waals surface area contributed by atoms with Gasteiger partial charge in [-0.2, -0.15) is 0 Å². The fourth-order valence-electron chi connectivity index (χ4n) is 1.86. The van der Waals surface area contributed by atoms with E-state index in [1.165, 1.54) is 0 Å². The first-order valence-corrected chi connectivity index (χ1v) is 6.48. The van der Waals surface area contributed by atoms with Crippen LogP contribution in [0.2, 0.25) is 0 Å². The van der Waals surface area contributed by atoms with Gasteiger partial charge in [-0.3, -0.25) is 4.79 Å². The summed E-state index contributed by atoms with van der Waals surface area (Å²) in [4.78, 5) is 11.5. The normalized spacial score (nSPS) is 10.5. The molecule has 0 heterocycles. The standard InChI is InChI=1S/C17H18O2/c1-13(2)17(18)19-12-15-10-6-7-11-16(15)14-8-4-3-5-9-14/h3-11,13H,12H2,1-2H3. The number of ether oxygens (including phenoxy) is 1. The van der Waals surface area contributed by atoms with Crippen LogP contribution in [-0.2, 0) is 16.1 Å².